The second-order valence-electron chi connectivity index (χ2n) is 5.49. The number of halogens is 1. The van der Waals surface area contributed by atoms with Gasteiger partial charge >= 0.3 is 0 Å². The predicted molar refractivity (Wildman–Crippen MR) is 90.4 cm³/mol. The Kier molecular flexibility index (Phi) is 4.10. The molecule has 1 aromatic carbocycles. The third kappa shape index (κ3) is 3.35. The number of benzene rings is 1. The first-order valence-corrected chi connectivity index (χ1v) is 8.05. The van der Waals surface area contributed by atoms with Crippen molar-refractivity contribution in [3.8, 4) is 0 Å². The van der Waals surface area contributed by atoms with Crippen LogP contribution in [0.1, 0.15) is 24.1 Å². The first kappa shape index (κ1) is 14.3. The third-order valence-electron chi connectivity index (χ3n) is 3.64. The van der Waals surface area contributed by atoms with Crippen LogP contribution in [0.15, 0.2) is 28.7 Å². The van der Waals surface area contributed by atoms with Crippen molar-refractivity contribution in [3.05, 3.63) is 40.0 Å². The van der Waals surface area contributed by atoms with Gasteiger partial charge in [-0.2, -0.15) is 4.98 Å². The summed E-state index contributed by atoms with van der Waals surface area (Å²) >= 11 is 3.58. The summed E-state index contributed by atoms with van der Waals surface area (Å²) in [5.74, 6) is 1.67. The van der Waals surface area contributed by atoms with Gasteiger partial charge < -0.3 is 10.2 Å². The van der Waals surface area contributed by atoms with Crippen LogP contribution in [0.4, 0.5) is 17.5 Å². The second kappa shape index (κ2) is 6.02. The summed E-state index contributed by atoms with van der Waals surface area (Å²) in [6.45, 7) is 6.26. The Hall–Kier alpha value is -1.62. The van der Waals surface area contributed by atoms with Crippen LogP contribution < -0.4 is 10.2 Å². The maximum atomic E-state index is 4.66. The van der Waals surface area contributed by atoms with Crippen molar-refractivity contribution in [1.29, 1.82) is 0 Å². The van der Waals surface area contributed by atoms with Crippen molar-refractivity contribution in [2.45, 2.75) is 26.7 Å². The zero-order valence-electron chi connectivity index (χ0n) is 12.4. The molecular weight excluding hydrogens is 328 g/mol. The van der Waals surface area contributed by atoms with Crippen LogP contribution in [0.3, 0.4) is 0 Å². The second-order valence-corrected chi connectivity index (χ2v) is 6.35. The van der Waals surface area contributed by atoms with Gasteiger partial charge in [0, 0.05) is 29.3 Å². The minimum Gasteiger partial charge on any atom is -0.356 e. The Bertz CT molecular complexity index is 651. The molecule has 0 radical (unpaired) electrons. The smallest absolute Gasteiger partial charge is 0.229 e. The molecule has 4 nitrogen and oxygen atoms in total. The van der Waals surface area contributed by atoms with Crippen LogP contribution >= 0.6 is 15.9 Å². The van der Waals surface area contributed by atoms with Gasteiger partial charge in [0.2, 0.25) is 5.95 Å². The standard InChI is InChI=1S/C16H19BrN4/c1-11-5-6-14(13(17)9-11)19-16-18-12(2)10-15(20-16)21-7-3-4-8-21/h5-6,9-10H,3-4,7-8H2,1-2H3,(H,18,19,20). The summed E-state index contributed by atoms with van der Waals surface area (Å²) in [6.07, 6.45) is 2.49. The van der Waals surface area contributed by atoms with Gasteiger partial charge in [0.1, 0.15) is 5.82 Å². The fourth-order valence-electron chi connectivity index (χ4n) is 2.56. The normalized spacial score (nSPS) is 14.5. The molecule has 0 atom stereocenters. The lowest BCUT2D eigenvalue weighted by Crippen LogP contribution is -2.19. The molecule has 0 aliphatic carbocycles. The molecule has 2 aromatic rings. The molecule has 2 heterocycles. The molecule has 21 heavy (non-hydrogen) atoms. The van der Waals surface area contributed by atoms with Crippen molar-refractivity contribution in [2.75, 3.05) is 23.3 Å². The predicted octanol–water partition coefficient (Wildman–Crippen LogP) is 4.20. The number of anilines is 3. The highest BCUT2D eigenvalue weighted by Crippen LogP contribution is 2.27. The van der Waals surface area contributed by atoms with Crippen LogP contribution in [0.25, 0.3) is 0 Å². The van der Waals surface area contributed by atoms with Gasteiger partial charge in [0.15, 0.2) is 0 Å². The summed E-state index contributed by atoms with van der Waals surface area (Å²) in [7, 11) is 0. The quantitative estimate of drug-likeness (QED) is 0.904. The summed E-state index contributed by atoms with van der Waals surface area (Å²) < 4.78 is 1.02. The van der Waals surface area contributed by atoms with Crippen molar-refractivity contribution >= 4 is 33.4 Å². The van der Waals surface area contributed by atoms with Crippen LogP contribution in [0.5, 0.6) is 0 Å². The molecule has 1 aliphatic heterocycles. The molecule has 0 unspecified atom stereocenters. The molecule has 1 saturated heterocycles. The number of aromatic nitrogens is 2. The Morgan fingerprint density at radius 3 is 2.57 bits per heavy atom. The van der Waals surface area contributed by atoms with Crippen LogP contribution in [0.2, 0.25) is 0 Å². The molecule has 0 amide bonds. The molecular formula is C16H19BrN4. The Balaban J connectivity index is 1.87. The van der Waals surface area contributed by atoms with Crippen molar-refractivity contribution < 1.29 is 0 Å². The van der Waals surface area contributed by atoms with Gasteiger partial charge in [-0.05, 0) is 60.3 Å². The zero-order valence-corrected chi connectivity index (χ0v) is 13.9. The van der Waals surface area contributed by atoms with E-state index in [2.05, 4.69) is 61.2 Å². The monoisotopic (exact) mass is 346 g/mol. The van der Waals surface area contributed by atoms with E-state index in [4.69, 9.17) is 0 Å². The van der Waals surface area contributed by atoms with Crippen LogP contribution in [-0.2, 0) is 0 Å². The maximum Gasteiger partial charge on any atom is 0.229 e. The Morgan fingerprint density at radius 2 is 1.86 bits per heavy atom. The van der Waals surface area contributed by atoms with Gasteiger partial charge in [0.25, 0.3) is 0 Å². The molecule has 1 N–H and O–H groups in total. The molecule has 1 aliphatic rings. The summed E-state index contributed by atoms with van der Waals surface area (Å²) in [6, 6.07) is 8.26. The zero-order chi connectivity index (χ0) is 14.8. The van der Waals surface area contributed by atoms with Crippen molar-refractivity contribution in [1.82, 2.24) is 9.97 Å². The van der Waals surface area contributed by atoms with Gasteiger partial charge in [-0.1, -0.05) is 6.07 Å². The third-order valence-corrected chi connectivity index (χ3v) is 4.30. The lowest BCUT2D eigenvalue weighted by Gasteiger charge is -2.18. The van der Waals surface area contributed by atoms with Crippen molar-refractivity contribution in [3.63, 3.8) is 0 Å². The number of hydrogen-bond acceptors (Lipinski definition) is 4. The maximum absolute atomic E-state index is 4.66. The van der Waals surface area contributed by atoms with E-state index in [0.717, 1.165) is 34.8 Å². The minimum atomic E-state index is 0.654. The summed E-state index contributed by atoms with van der Waals surface area (Å²) in [4.78, 5) is 11.5. The van der Waals surface area contributed by atoms with Gasteiger partial charge in [-0.3, -0.25) is 0 Å². The number of aryl methyl sites for hydroxylation is 2. The molecule has 0 spiro atoms. The fraction of sp³-hybridized carbons (Fsp3) is 0.375. The van der Waals surface area contributed by atoms with E-state index in [1.54, 1.807) is 0 Å². The average molecular weight is 347 g/mol. The van der Waals surface area contributed by atoms with E-state index in [-0.39, 0.29) is 0 Å². The highest BCUT2D eigenvalue weighted by Gasteiger charge is 2.15. The Morgan fingerprint density at radius 1 is 1.10 bits per heavy atom. The van der Waals surface area contributed by atoms with Gasteiger partial charge in [0.05, 0.1) is 5.69 Å². The number of rotatable bonds is 3. The van der Waals surface area contributed by atoms with Crippen LogP contribution in [-0.4, -0.2) is 23.1 Å². The SMILES string of the molecule is Cc1ccc(Nc2nc(C)cc(N3CCCC3)n2)c(Br)c1. The van der Waals surface area contributed by atoms with Gasteiger partial charge in [-0.25, -0.2) is 4.98 Å². The highest BCUT2D eigenvalue weighted by molar-refractivity contribution is 9.10. The first-order chi connectivity index (χ1) is 10.1. The number of hydrogen-bond donors (Lipinski definition) is 1. The minimum absolute atomic E-state index is 0.654. The molecule has 0 bridgehead atoms. The molecule has 0 saturated carbocycles. The van der Waals surface area contributed by atoms with E-state index in [0.29, 0.717) is 5.95 Å². The molecule has 1 aromatic heterocycles. The lowest BCUT2D eigenvalue weighted by atomic mass is 10.2. The highest BCUT2D eigenvalue weighted by atomic mass is 79.9. The lowest BCUT2D eigenvalue weighted by molar-refractivity contribution is 0.923. The van der Waals surface area contributed by atoms with E-state index in [9.17, 15) is 0 Å². The first-order valence-electron chi connectivity index (χ1n) is 7.25. The van der Waals surface area contributed by atoms with E-state index in [1.165, 1.54) is 18.4 Å². The topological polar surface area (TPSA) is 41.1 Å². The molecule has 3 rings (SSSR count). The molecule has 5 heteroatoms. The van der Waals surface area contributed by atoms with E-state index in [1.807, 2.05) is 13.0 Å². The van der Waals surface area contributed by atoms with Crippen LogP contribution in [0, 0.1) is 13.8 Å². The van der Waals surface area contributed by atoms with Crippen molar-refractivity contribution in [2.24, 2.45) is 0 Å². The van der Waals surface area contributed by atoms with E-state index < -0.39 is 0 Å². The summed E-state index contributed by atoms with van der Waals surface area (Å²) in [5.41, 5.74) is 3.19. The number of nitrogens with zero attached hydrogens (tertiary/aromatic N) is 3. The van der Waals surface area contributed by atoms with Gasteiger partial charge in [-0.15, -0.1) is 0 Å². The molecule has 1 fully saturated rings. The average Bonchev–Trinajstić information content (AvgIpc) is 2.95. The molecule has 110 valence electrons. The largest absolute Gasteiger partial charge is 0.356 e. The number of nitrogens with one attached hydrogen (secondary N) is 1. The fourth-order valence-corrected chi connectivity index (χ4v) is 3.15. The summed E-state index contributed by atoms with van der Waals surface area (Å²) in [5, 5.41) is 3.31. The van der Waals surface area contributed by atoms with E-state index >= 15 is 0 Å². The Labute approximate surface area is 133 Å².